The molecule has 0 fully saturated rings. The number of aryl methyl sites for hydroxylation is 1. The van der Waals surface area contributed by atoms with E-state index in [1.165, 1.54) is 0 Å². The Morgan fingerprint density at radius 1 is 1.67 bits per heavy atom. The van der Waals surface area contributed by atoms with Gasteiger partial charge in [0.1, 0.15) is 0 Å². The van der Waals surface area contributed by atoms with Gasteiger partial charge in [-0.15, -0.1) is 0 Å². The van der Waals surface area contributed by atoms with Crippen molar-refractivity contribution in [1.29, 1.82) is 0 Å². The minimum atomic E-state index is -0.521. The summed E-state index contributed by atoms with van der Waals surface area (Å²) in [5.74, 6) is 0.498. The number of hydrogen-bond donors (Lipinski definition) is 1. The van der Waals surface area contributed by atoms with Crippen LogP contribution in [0.15, 0.2) is 12.4 Å². The van der Waals surface area contributed by atoms with Crippen molar-refractivity contribution in [2.45, 2.75) is 32.7 Å². The van der Waals surface area contributed by atoms with E-state index in [0.717, 1.165) is 12.0 Å². The van der Waals surface area contributed by atoms with Gasteiger partial charge in [-0.25, -0.2) is 0 Å². The lowest BCUT2D eigenvalue weighted by Gasteiger charge is -2.11. The smallest absolute Gasteiger partial charge is 0.154 e. The highest BCUT2D eigenvalue weighted by Crippen LogP contribution is 2.16. The number of hydrogen-bond acceptors (Lipinski definition) is 3. The summed E-state index contributed by atoms with van der Waals surface area (Å²) >= 11 is 0. The Morgan fingerprint density at radius 2 is 2.33 bits per heavy atom. The Kier molecular flexibility index (Phi) is 4.03. The van der Waals surface area contributed by atoms with Gasteiger partial charge in [-0.1, -0.05) is 20.3 Å². The van der Waals surface area contributed by atoms with E-state index in [1.54, 1.807) is 17.1 Å². The standard InChI is InChI=1S/C11H19N3O/c1-4-8(2)5-10(15)11(12)9-6-13-14(3)7-9/h6-8,11H,4-5,12H2,1-3H3. The molecule has 2 atom stereocenters. The fourth-order valence-corrected chi connectivity index (χ4v) is 1.40. The first kappa shape index (κ1) is 11.9. The van der Waals surface area contributed by atoms with E-state index in [-0.39, 0.29) is 5.78 Å². The molecule has 2 N–H and O–H groups in total. The number of nitrogens with zero attached hydrogens (tertiary/aromatic N) is 2. The summed E-state index contributed by atoms with van der Waals surface area (Å²) < 4.78 is 1.66. The maximum atomic E-state index is 11.8. The number of aromatic nitrogens is 2. The lowest BCUT2D eigenvalue weighted by molar-refractivity contribution is -0.121. The van der Waals surface area contributed by atoms with E-state index in [0.29, 0.717) is 12.3 Å². The van der Waals surface area contributed by atoms with Gasteiger partial charge in [0.15, 0.2) is 5.78 Å². The molecule has 1 aromatic rings. The molecule has 0 saturated heterocycles. The van der Waals surface area contributed by atoms with Gasteiger partial charge in [0.25, 0.3) is 0 Å². The molecule has 1 heterocycles. The lowest BCUT2D eigenvalue weighted by atomic mass is 9.96. The van der Waals surface area contributed by atoms with Gasteiger partial charge in [0, 0.05) is 25.2 Å². The first-order valence-electron chi connectivity index (χ1n) is 5.31. The van der Waals surface area contributed by atoms with E-state index >= 15 is 0 Å². The van der Waals surface area contributed by atoms with Crippen LogP contribution in [0.3, 0.4) is 0 Å². The fraction of sp³-hybridized carbons (Fsp3) is 0.636. The van der Waals surface area contributed by atoms with E-state index in [4.69, 9.17) is 5.73 Å². The third-order valence-electron chi connectivity index (χ3n) is 2.68. The van der Waals surface area contributed by atoms with Crippen LogP contribution in [0.2, 0.25) is 0 Å². The van der Waals surface area contributed by atoms with Crippen molar-refractivity contribution in [2.24, 2.45) is 18.7 Å². The molecule has 0 bridgehead atoms. The van der Waals surface area contributed by atoms with Gasteiger partial charge in [-0.3, -0.25) is 9.48 Å². The van der Waals surface area contributed by atoms with Crippen LogP contribution < -0.4 is 5.73 Å². The van der Waals surface area contributed by atoms with E-state index in [1.807, 2.05) is 7.05 Å². The molecular formula is C11H19N3O. The van der Waals surface area contributed by atoms with Crippen molar-refractivity contribution >= 4 is 5.78 Å². The first-order chi connectivity index (χ1) is 7.04. The van der Waals surface area contributed by atoms with Crippen LogP contribution in [0.25, 0.3) is 0 Å². The third kappa shape index (κ3) is 3.16. The maximum absolute atomic E-state index is 11.8. The zero-order valence-corrected chi connectivity index (χ0v) is 9.60. The Morgan fingerprint density at radius 3 is 2.80 bits per heavy atom. The van der Waals surface area contributed by atoms with Crippen molar-refractivity contribution in [3.05, 3.63) is 18.0 Å². The van der Waals surface area contributed by atoms with Crippen LogP contribution in [-0.2, 0) is 11.8 Å². The number of ketones is 1. The van der Waals surface area contributed by atoms with Gasteiger partial charge in [-0.05, 0) is 5.92 Å². The molecule has 0 spiro atoms. The largest absolute Gasteiger partial charge is 0.318 e. The SMILES string of the molecule is CCC(C)CC(=O)C(N)c1cnn(C)c1. The van der Waals surface area contributed by atoms with Gasteiger partial charge in [-0.2, -0.15) is 5.10 Å². The van der Waals surface area contributed by atoms with Crippen LogP contribution in [0.5, 0.6) is 0 Å². The predicted octanol–water partition coefficient (Wildman–Crippen LogP) is 1.43. The van der Waals surface area contributed by atoms with Crippen LogP contribution in [0.4, 0.5) is 0 Å². The zero-order chi connectivity index (χ0) is 11.4. The molecule has 15 heavy (non-hydrogen) atoms. The molecule has 4 nitrogen and oxygen atoms in total. The van der Waals surface area contributed by atoms with Crippen LogP contribution in [0, 0.1) is 5.92 Å². The molecule has 1 rings (SSSR count). The Bertz CT molecular complexity index is 332. The number of rotatable bonds is 5. The molecule has 0 radical (unpaired) electrons. The summed E-state index contributed by atoms with van der Waals surface area (Å²) in [6.07, 6.45) is 5.00. The number of carbonyl (C=O) groups is 1. The number of carbonyl (C=O) groups excluding carboxylic acids is 1. The van der Waals surface area contributed by atoms with Crippen molar-refractivity contribution in [1.82, 2.24) is 9.78 Å². The summed E-state index contributed by atoms with van der Waals surface area (Å²) in [6, 6.07) is -0.521. The molecule has 0 aliphatic rings. The molecule has 0 amide bonds. The number of nitrogens with two attached hydrogens (primary N) is 1. The zero-order valence-electron chi connectivity index (χ0n) is 9.60. The minimum absolute atomic E-state index is 0.0948. The third-order valence-corrected chi connectivity index (χ3v) is 2.68. The molecule has 2 unspecified atom stereocenters. The van der Waals surface area contributed by atoms with Gasteiger partial charge in [0.05, 0.1) is 12.2 Å². The predicted molar refractivity (Wildman–Crippen MR) is 59.2 cm³/mol. The van der Waals surface area contributed by atoms with E-state index < -0.39 is 6.04 Å². The highest BCUT2D eigenvalue weighted by Gasteiger charge is 2.18. The first-order valence-corrected chi connectivity index (χ1v) is 5.31. The van der Waals surface area contributed by atoms with Crippen molar-refractivity contribution in [2.75, 3.05) is 0 Å². The average molecular weight is 209 g/mol. The van der Waals surface area contributed by atoms with Crippen LogP contribution >= 0.6 is 0 Å². The Labute approximate surface area is 90.5 Å². The van der Waals surface area contributed by atoms with Crippen molar-refractivity contribution in [3.8, 4) is 0 Å². The normalized spacial score (nSPS) is 14.9. The second kappa shape index (κ2) is 5.07. The summed E-state index contributed by atoms with van der Waals surface area (Å²) in [5.41, 5.74) is 6.65. The molecule has 1 aromatic heterocycles. The highest BCUT2D eigenvalue weighted by atomic mass is 16.1. The Balaban J connectivity index is 2.60. The van der Waals surface area contributed by atoms with Gasteiger partial charge in [0.2, 0.25) is 0 Å². The molecule has 0 aromatic carbocycles. The summed E-state index contributed by atoms with van der Waals surface area (Å²) in [4.78, 5) is 11.8. The molecule has 4 heteroatoms. The topological polar surface area (TPSA) is 60.9 Å². The molecule has 0 saturated carbocycles. The molecule has 84 valence electrons. The quantitative estimate of drug-likeness (QED) is 0.798. The summed E-state index contributed by atoms with van der Waals surface area (Å²) in [7, 11) is 1.81. The van der Waals surface area contributed by atoms with Crippen molar-refractivity contribution in [3.63, 3.8) is 0 Å². The van der Waals surface area contributed by atoms with Crippen molar-refractivity contribution < 1.29 is 4.79 Å². The van der Waals surface area contributed by atoms with Gasteiger partial charge >= 0.3 is 0 Å². The van der Waals surface area contributed by atoms with E-state index in [2.05, 4.69) is 18.9 Å². The van der Waals surface area contributed by atoms with Gasteiger partial charge < -0.3 is 5.73 Å². The lowest BCUT2D eigenvalue weighted by Crippen LogP contribution is -2.22. The summed E-state index contributed by atoms with van der Waals surface area (Å²) in [5, 5.41) is 4.00. The molecule has 0 aliphatic carbocycles. The highest BCUT2D eigenvalue weighted by molar-refractivity contribution is 5.85. The second-order valence-electron chi connectivity index (χ2n) is 4.11. The average Bonchev–Trinajstić information content (AvgIpc) is 2.63. The van der Waals surface area contributed by atoms with Crippen LogP contribution in [0.1, 0.15) is 38.3 Å². The minimum Gasteiger partial charge on any atom is -0.318 e. The molecular weight excluding hydrogens is 190 g/mol. The molecule has 0 aliphatic heterocycles. The van der Waals surface area contributed by atoms with Crippen LogP contribution in [-0.4, -0.2) is 15.6 Å². The fourth-order valence-electron chi connectivity index (χ4n) is 1.40. The number of Topliss-reactive ketones (excluding diaryl/α,β-unsaturated/α-hetero) is 1. The second-order valence-corrected chi connectivity index (χ2v) is 4.11. The Hall–Kier alpha value is -1.16. The van der Waals surface area contributed by atoms with E-state index in [9.17, 15) is 4.79 Å². The summed E-state index contributed by atoms with van der Waals surface area (Å²) in [6.45, 7) is 4.14. The monoisotopic (exact) mass is 209 g/mol. The maximum Gasteiger partial charge on any atom is 0.154 e.